The van der Waals surface area contributed by atoms with Gasteiger partial charge in [0.1, 0.15) is 11.3 Å². The maximum Gasteiger partial charge on any atom is 0.433 e. The second-order valence-corrected chi connectivity index (χ2v) is 11.0. The molecule has 2 N–H and O–H groups in total. The molecule has 1 aliphatic heterocycles. The van der Waals surface area contributed by atoms with E-state index in [4.69, 9.17) is 10.5 Å². The van der Waals surface area contributed by atoms with Crippen molar-refractivity contribution in [1.29, 1.82) is 0 Å². The van der Waals surface area contributed by atoms with Gasteiger partial charge in [-0.1, -0.05) is 18.2 Å². The number of sulfonamides is 1. The molecule has 1 saturated heterocycles. The first-order chi connectivity index (χ1) is 20.1. The fourth-order valence-corrected chi connectivity index (χ4v) is 5.56. The Balaban J connectivity index is 1.85. The Morgan fingerprint density at radius 1 is 0.907 bits per heavy atom. The quantitative estimate of drug-likeness (QED) is 0.180. The van der Waals surface area contributed by atoms with Crippen molar-refractivity contribution in [3.8, 4) is 0 Å². The van der Waals surface area contributed by atoms with Crippen LogP contribution in [0.5, 0.6) is 0 Å². The summed E-state index contributed by atoms with van der Waals surface area (Å²) >= 11 is 0. The molecular formula is C27H22F6N4O5S. The molecule has 3 aromatic rings. The van der Waals surface area contributed by atoms with E-state index in [-0.39, 0.29) is 42.4 Å². The fourth-order valence-electron chi connectivity index (χ4n) is 4.11. The van der Waals surface area contributed by atoms with E-state index in [9.17, 15) is 44.3 Å². The monoisotopic (exact) mass is 628 g/mol. The zero-order chi connectivity index (χ0) is 31.6. The number of ether oxygens (including phenoxy) is 1. The number of alkyl halides is 6. The van der Waals surface area contributed by atoms with Crippen LogP contribution in [0.15, 0.2) is 77.3 Å². The summed E-state index contributed by atoms with van der Waals surface area (Å²) in [5, 5.41) is 0. The van der Waals surface area contributed by atoms with Crippen LogP contribution in [-0.4, -0.2) is 55.8 Å². The molecule has 1 aliphatic rings. The third-order valence-corrected chi connectivity index (χ3v) is 8.10. The number of anilines is 2. The molecule has 2 amide bonds. The molecule has 0 bridgehead atoms. The first-order valence-corrected chi connectivity index (χ1v) is 13.8. The lowest BCUT2D eigenvalue weighted by atomic mass is 10.1. The lowest BCUT2D eigenvalue weighted by Crippen LogP contribution is -2.40. The molecule has 0 saturated carbocycles. The smallest absolute Gasteiger partial charge is 0.379 e. The molecule has 2 heterocycles. The van der Waals surface area contributed by atoms with Crippen LogP contribution in [0.1, 0.15) is 16.8 Å². The molecule has 9 nitrogen and oxygen atoms in total. The van der Waals surface area contributed by atoms with Gasteiger partial charge in [0, 0.05) is 25.0 Å². The van der Waals surface area contributed by atoms with Gasteiger partial charge in [-0.05, 0) is 54.1 Å². The first-order valence-electron chi connectivity index (χ1n) is 12.3. The van der Waals surface area contributed by atoms with Gasteiger partial charge in [-0.15, -0.1) is 0 Å². The van der Waals surface area contributed by atoms with Crippen LogP contribution in [0.3, 0.4) is 0 Å². The Bertz CT molecular complexity index is 1650. The van der Waals surface area contributed by atoms with Gasteiger partial charge < -0.3 is 10.5 Å². The topological polar surface area (TPSA) is 123 Å². The second kappa shape index (κ2) is 12.1. The summed E-state index contributed by atoms with van der Waals surface area (Å²) in [5.41, 5.74) is 1.39. The second-order valence-electron chi connectivity index (χ2n) is 9.10. The van der Waals surface area contributed by atoms with Crippen LogP contribution in [-0.2, 0) is 36.7 Å². The molecule has 0 atom stereocenters. The van der Waals surface area contributed by atoms with Crippen molar-refractivity contribution >= 4 is 39.3 Å². The number of halogens is 6. The van der Waals surface area contributed by atoms with Crippen LogP contribution in [0.4, 0.5) is 37.7 Å². The van der Waals surface area contributed by atoms with E-state index in [1.165, 1.54) is 18.2 Å². The first kappa shape index (κ1) is 31.7. The van der Waals surface area contributed by atoms with Crippen molar-refractivity contribution in [3.05, 3.63) is 89.3 Å². The van der Waals surface area contributed by atoms with Gasteiger partial charge in [0.05, 0.1) is 29.4 Å². The SMILES string of the molecule is NC(=O)/C(=C/c1ccc(C(F)(F)F)nc1)C(=O)N(c1cccc(C(F)(F)F)c1)c1cccc(S(=O)(=O)N2CCOCC2)c1. The summed E-state index contributed by atoms with van der Waals surface area (Å²) in [6.07, 6.45) is -8.05. The van der Waals surface area contributed by atoms with Gasteiger partial charge in [-0.3, -0.25) is 19.5 Å². The van der Waals surface area contributed by atoms with Crippen molar-refractivity contribution in [3.63, 3.8) is 0 Å². The number of aromatic nitrogens is 1. The van der Waals surface area contributed by atoms with Crippen LogP contribution >= 0.6 is 0 Å². The van der Waals surface area contributed by atoms with Crippen molar-refractivity contribution in [1.82, 2.24) is 9.29 Å². The Hall–Kier alpha value is -4.28. The van der Waals surface area contributed by atoms with E-state index in [0.717, 1.165) is 46.9 Å². The molecule has 1 fully saturated rings. The number of rotatable bonds is 7. The molecule has 16 heteroatoms. The minimum Gasteiger partial charge on any atom is -0.379 e. The highest BCUT2D eigenvalue weighted by Gasteiger charge is 2.34. The highest BCUT2D eigenvalue weighted by atomic mass is 32.2. The highest BCUT2D eigenvalue weighted by molar-refractivity contribution is 7.89. The van der Waals surface area contributed by atoms with E-state index >= 15 is 0 Å². The Morgan fingerprint density at radius 2 is 1.53 bits per heavy atom. The molecule has 0 aliphatic carbocycles. The summed E-state index contributed by atoms with van der Waals surface area (Å²) in [4.78, 5) is 29.9. The van der Waals surface area contributed by atoms with Gasteiger partial charge in [-0.25, -0.2) is 8.42 Å². The van der Waals surface area contributed by atoms with Gasteiger partial charge in [0.15, 0.2) is 0 Å². The van der Waals surface area contributed by atoms with E-state index in [1.54, 1.807) is 0 Å². The fraction of sp³-hybridized carbons (Fsp3) is 0.222. The van der Waals surface area contributed by atoms with Gasteiger partial charge in [0.2, 0.25) is 10.0 Å². The minimum atomic E-state index is -4.83. The standard InChI is InChI=1S/C27H22F6N4O5S/c28-26(29,30)18-3-1-4-19(14-18)37(20-5-2-6-21(15-20)43(40,41)36-9-11-42-12-10-36)25(39)22(24(34)38)13-17-7-8-23(35-16-17)27(31,32)33/h1-8,13-16H,9-12H2,(H2,34,38)/b22-13-. The number of amides is 2. The van der Waals surface area contributed by atoms with E-state index in [0.29, 0.717) is 17.0 Å². The molecule has 0 spiro atoms. The Morgan fingerprint density at radius 3 is 2.09 bits per heavy atom. The molecule has 0 unspecified atom stereocenters. The van der Waals surface area contributed by atoms with E-state index in [2.05, 4.69) is 4.98 Å². The number of nitrogens with two attached hydrogens (primary N) is 1. The summed E-state index contributed by atoms with van der Waals surface area (Å²) in [7, 11) is -4.13. The zero-order valence-corrected chi connectivity index (χ0v) is 22.7. The van der Waals surface area contributed by atoms with Crippen LogP contribution in [0, 0.1) is 0 Å². The summed E-state index contributed by atoms with van der Waals surface area (Å²) in [5.74, 6) is -2.65. The zero-order valence-electron chi connectivity index (χ0n) is 21.9. The van der Waals surface area contributed by atoms with Gasteiger partial charge >= 0.3 is 12.4 Å². The molecule has 4 rings (SSSR count). The van der Waals surface area contributed by atoms with Crippen molar-refractivity contribution < 1.29 is 49.1 Å². The normalized spacial score (nSPS) is 15.3. The largest absolute Gasteiger partial charge is 0.433 e. The molecular weight excluding hydrogens is 606 g/mol. The number of carbonyl (C=O) groups is 2. The van der Waals surface area contributed by atoms with Crippen LogP contribution < -0.4 is 10.6 Å². The summed E-state index contributed by atoms with van der Waals surface area (Å²) in [6.45, 7) is 0.357. The van der Waals surface area contributed by atoms with Crippen LogP contribution in [0.25, 0.3) is 6.08 Å². The van der Waals surface area contributed by atoms with Crippen LogP contribution in [0.2, 0.25) is 0 Å². The average Bonchev–Trinajstić information content (AvgIpc) is 2.96. The average molecular weight is 629 g/mol. The lowest BCUT2D eigenvalue weighted by Gasteiger charge is -2.27. The third kappa shape index (κ3) is 7.21. The van der Waals surface area contributed by atoms with Gasteiger partial charge in [-0.2, -0.15) is 30.6 Å². The Labute approximate surface area is 241 Å². The predicted molar refractivity (Wildman–Crippen MR) is 141 cm³/mol. The number of benzene rings is 2. The van der Waals surface area contributed by atoms with Gasteiger partial charge in [0.25, 0.3) is 11.8 Å². The number of hydrogen-bond donors (Lipinski definition) is 1. The maximum atomic E-state index is 13.8. The van der Waals surface area contributed by atoms with Crippen molar-refractivity contribution in [2.75, 3.05) is 31.2 Å². The highest BCUT2D eigenvalue weighted by Crippen LogP contribution is 2.36. The number of pyridine rings is 1. The molecule has 43 heavy (non-hydrogen) atoms. The molecule has 1 aromatic heterocycles. The molecule has 228 valence electrons. The summed E-state index contributed by atoms with van der Waals surface area (Å²) < 4.78 is 112. The predicted octanol–water partition coefficient (Wildman–Crippen LogP) is 4.37. The number of hydrogen-bond acceptors (Lipinski definition) is 6. The van der Waals surface area contributed by atoms with Crippen molar-refractivity contribution in [2.45, 2.75) is 17.2 Å². The van der Waals surface area contributed by atoms with Crippen molar-refractivity contribution in [2.24, 2.45) is 5.73 Å². The number of morpholine rings is 1. The van der Waals surface area contributed by atoms with E-state index < -0.39 is 56.7 Å². The van der Waals surface area contributed by atoms with E-state index in [1.807, 2.05) is 0 Å². The lowest BCUT2D eigenvalue weighted by molar-refractivity contribution is -0.141. The number of carbonyl (C=O) groups excluding carboxylic acids is 2. The maximum absolute atomic E-state index is 13.8. The summed E-state index contributed by atoms with van der Waals surface area (Å²) in [6, 6.07) is 9.73. The number of nitrogens with zero attached hydrogens (tertiary/aromatic N) is 3. The Kier molecular flexibility index (Phi) is 8.94. The third-order valence-electron chi connectivity index (χ3n) is 6.20. The molecule has 0 radical (unpaired) electrons. The molecule has 2 aromatic carbocycles. The number of primary amides is 1. The minimum absolute atomic E-state index is 0.0402.